The van der Waals surface area contributed by atoms with Crippen molar-refractivity contribution in [2.45, 2.75) is 6.18 Å². The third-order valence-electron chi connectivity index (χ3n) is 1.63. The minimum absolute atomic E-state index is 0.194. The fourth-order valence-corrected chi connectivity index (χ4v) is 1.38. The molecule has 0 aromatic heterocycles. The molecule has 0 saturated heterocycles. The van der Waals surface area contributed by atoms with E-state index < -0.39 is 11.7 Å². The highest BCUT2D eigenvalue weighted by Crippen LogP contribution is 2.26. The Bertz CT molecular complexity index is 396. The molecule has 5 heteroatoms. The Balaban J connectivity index is 3.09. The number of benzene rings is 1. The van der Waals surface area contributed by atoms with E-state index in [-0.39, 0.29) is 6.29 Å². The minimum Gasteiger partial charge on any atom is -0.298 e. The third kappa shape index (κ3) is 3.51. The summed E-state index contributed by atoms with van der Waals surface area (Å²) < 4.78 is 37.2. The number of allylic oxidation sites excluding steroid dienone is 1. The predicted molar refractivity (Wildman–Crippen MR) is 54.2 cm³/mol. The lowest BCUT2D eigenvalue weighted by Gasteiger charge is -2.05. The lowest BCUT2D eigenvalue weighted by molar-refractivity contribution is -0.118. The Morgan fingerprint density at radius 2 is 2.00 bits per heavy atom. The largest absolute Gasteiger partial charge is 0.419 e. The molecule has 0 aliphatic heterocycles. The van der Waals surface area contributed by atoms with Gasteiger partial charge in [-0.05, 0) is 23.8 Å². The summed E-state index contributed by atoms with van der Waals surface area (Å²) in [6.07, 6.45) is -4.00. The summed E-state index contributed by atoms with van der Waals surface area (Å²) in [5, 5.41) is 0. The maximum Gasteiger partial charge on any atom is 0.419 e. The molecule has 1 aromatic carbocycles. The van der Waals surface area contributed by atoms with Gasteiger partial charge in [0.05, 0.1) is 5.57 Å². The molecule has 0 fully saturated rings. The first-order chi connectivity index (χ1) is 6.93. The molecule has 0 radical (unpaired) electrons. The number of halogens is 4. The molecular formula is C10H6BrF3O. The smallest absolute Gasteiger partial charge is 0.298 e. The van der Waals surface area contributed by atoms with E-state index >= 15 is 0 Å². The number of aldehydes is 1. The summed E-state index contributed by atoms with van der Waals surface area (Å²) in [5.41, 5.74) is -0.871. The van der Waals surface area contributed by atoms with Crippen molar-refractivity contribution in [3.63, 3.8) is 0 Å². The molecule has 80 valence electrons. The zero-order valence-electron chi connectivity index (χ0n) is 7.38. The Morgan fingerprint density at radius 3 is 2.47 bits per heavy atom. The monoisotopic (exact) mass is 278 g/mol. The Morgan fingerprint density at radius 1 is 1.33 bits per heavy atom. The van der Waals surface area contributed by atoms with Crippen LogP contribution >= 0.6 is 15.9 Å². The van der Waals surface area contributed by atoms with Crippen molar-refractivity contribution in [3.8, 4) is 0 Å². The van der Waals surface area contributed by atoms with Gasteiger partial charge >= 0.3 is 6.18 Å². The first-order valence-corrected chi connectivity index (χ1v) is 4.72. The SMILES string of the molecule is O=C/C(=C\c1cccc(Br)c1)C(F)(F)F. The van der Waals surface area contributed by atoms with Gasteiger partial charge in [0.2, 0.25) is 0 Å². The van der Waals surface area contributed by atoms with Crippen molar-refractivity contribution in [1.82, 2.24) is 0 Å². The topological polar surface area (TPSA) is 17.1 Å². The summed E-state index contributed by atoms with van der Waals surface area (Å²) in [4.78, 5) is 10.2. The molecule has 0 aliphatic carbocycles. The quantitative estimate of drug-likeness (QED) is 0.597. The van der Waals surface area contributed by atoms with E-state index in [1.165, 1.54) is 12.1 Å². The number of carbonyl (C=O) groups is 1. The summed E-state index contributed by atoms with van der Waals surface area (Å²) in [7, 11) is 0. The van der Waals surface area contributed by atoms with E-state index in [4.69, 9.17) is 0 Å². The van der Waals surface area contributed by atoms with Crippen LogP contribution in [0.2, 0.25) is 0 Å². The van der Waals surface area contributed by atoms with Crippen molar-refractivity contribution < 1.29 is 18.0 Å². The highest BCUT2D eigenvalue weighted by Gasteiger charge is 2.33. The highest BCUT2D eigenvalue weighted by molar-refractivity contribution is 9.10. The standard InChI is InChI=1S/C10H6BrF3O/c11-9-3-1-2-7(5-9)4-8(6-15)10(12,13)14/h1-6H/b8-4+. The van der Waals surface area contributed by atoms with E-state index in [2.05, 4.69) is 15.9 Å². The molecule has 0 atom stereocenters. The van der Waals surface area contributed by atoms with Crippen LogP contribution in [0.3, 0.4) is 0 Å². The molecule has 0 saturated carbocycles. The number of hydrogen-bond donors (Lipinski definition) is 0. The number of hydrogen-bond acceptors (Lipinski definition) is 1. The first-order valence-electron chi connectivity index (χ1n) is 3.93. The summed E-state index contributed by atoms with van der Waals surface area (Å²) in [6.45, 7) is 0. The molecule has 1 aromatic rings. The average molecular weight is 279 g/mol. The summed E-state index contributed by atoms with van der Waals surface area (Å²) >= 11 is 3.13. The first kappa shape index (κ1) is 12.0. The maximum absolute atomic E-state index is 12.2. The Hall–Kier alpha value is -1.10. The zero-order chi connectivity index (χ0) is 11.5. The number of rotatable bonds is 2. The minimum atomic E-state index is -4.61. The maximum atomic E-state index is 12.2. The Kier molecular flexibility index (Phi) is 3.68. The van der Waals surface area contributed by atoms with Gasteiger partial charge in [-0.2, -0.15) is 13.2 Å². The molecular weight excluding hydrogens is 273 g/mol. The van der Waals surface area contributed by atoms with Crippen molar-refractivity contribution in [3.05, 3.63) is 39.9 Å². The second-order valence-corrected chi connectivity index (χ2v) is 3.69. The van der Waals surface area contributed by atoms with Gasteiger partial charge in [0.1, 0.15) is 0 Å². The lowest BCUT2D eigenvalue weighted by Crippen LogP contribution is -2.12. The molecule has 1 nitrogen and oxygen atoms in total. The van der Waals surface area contributed by atoms with Crippen LogP contribution in [0.1, 0.15) is 5.56 Å². The average Bonchev–Trinajstić information content (AvgIpc) is 2.12. The lowest BCUT2D eigenvalue weighted by atomic mass is 10.1. The van der Waals surface area contributed by atoms with Crippen molar-refractivity contribution in [2.24, 2.45) is 0 Å². The van der Waals surface area contributed by atoms with E-state index in [1.807, 2.05) is 0 Å². The fourth-order valence-electron chi connectivity index (χ4n) is 0.959. The molecule has 0 unspecified atom stereocenters. The number of alkyl halides is 3. The van der Waals surface area contributed by atoms with Gasteiger partial charge in [0, 0.05) is 4.47 Å². The molecule has 1 rings (SSSR count). The molecule has 0 aliphatic rings. The van der Waals surface area contributed by atoms with Gasteiger partial charge in [-0.25, -0.2) is 0 Å². The van der Waals surface area contributed by atoms with Crippen LogP contribution in [-0.4, -0.2) is 12.5 Å². The number of carbonyl (C=O) groups excluding carboxylic acids is 1. The van der Waals surface area contributed by atoms with E-state index in [0.717, 1.165) is 6.08 Å². The van der Waals surface area contributed by atoms with Gasteiger partial charge in [-0.3, -0.25) is 4.79 Å². The van der Waals surface area contributed by atoms with Crippen molar-refractivity contribution in [1.29, 1.82) is 0 Å². The third-order valence-corrected chi connectivity index (χ3v) is 2.12. The van der Waals surface area contributed by atoms with E-state index in [0.29, 0.717) is 10.0 Å². The van der Waals surface area contributed by atoms with Crippen molar-refractivity contribution >= 4 is 28.3 Å². The van der Waals surface area contributed by atoms with Crippen LogP contribution in [0.25, 0.3) is 6.08 Å². The van der Waals surface area contributed by atoms with Gasteiger partial charge < -0.3 is 0 Å². The van der Waals surface area contributed by atoms with Crippen molar-refractivity contribution in [2.75, 3.05) is 0 Å². The van der Waals surface area contributed by atoms with Crippen LogP contribution in [0, 0.1) is 0 Å². The normalized spacial score (nSPS) is 12.7. The van der Waals surface area contributed by atoms with E-state index in [1.54, 1.807) is 12.1 Å². The molecule has 0 heterocycles. The highest BCUT2D eigenvalue weighted by atomic mass is 79.9. The molecule has 0 amide bonds. The summed E-state index contributed by atoms with van der Waals surface area (Å²) in [5.74, 6) is 0. The van der Waals surface area contributed by atoms with Crippen LogP contribution in [-0.2, 0) is 4.79 Å². The van der Waals surface area contributed by atoms with Gasteiger partial charge in [-0.1, -0.05) is 28.1 Å². The van der Waals surface area contributed by atoms with Gasteiger partial charge in [0.25, 0.3) is 0 Å². The predicted octanol–water partition coefficient (Wildman–Crippen LogP) is 3.59. The van der Waals surface area contributed by atoms with Crippen LogP contribution < -0.4 is 0 Å². The second-order valence-electron chi connectivity index (χ2n) is 2.77. The van der Waals surface area contributed by atoms with E-state index in [9.17, 15) is 18.0 Å². The van der Waals surface area contributed by atoms with Crippen LogP contribution in [0.4, 0.5) is 13.2 Å². The second kappa shape index (κ2) is 4.61. The molecule has 15 heavy (non-hydrogen) atoms. The summed E-state index contributed by atoms with van der Waals surface area (Å²) in [6, 6.07) is 6.26. The molecule has 0 bridgehead atoms. The zero-order valence-corrected chi connectivity index (χ0v) is 8.97. The van der Waals surface area contributed by atoms with Crippen LogP contribution in [0.15, 0.2) is 34.3 Å². The fraction of sp³-hybridized carbons (Fsp3) is 0.100. The molecule has 0 spiro atoms. The Labute approximate surface area is 92.7 Å². The van der Waals surface area contributed by atoms with Gasteiger partial charge in [0.15, 0.2) is 6.29 Å². The van der Waals surface area contributed by atoms with Gasteiger partial charge in [-0.15, -0.1) is 0 Å². The van der Waals surface area contributed by atoms with Crippen LogP contribution in [0.5, 0.6) is 0 Å². The molecule has 0 N–H and O–H groups in total.